The van der Waals surface area contributed by atoms with Gasteiger partial charge in [-0.25, -0.2) is 4.79 Å². The molecule has 0 spiro atoms. The van der Waals surface area contributed by atoms with Crippen LogP contribution in [0.25, 0.3) is 0 Å². The summed E-state index contributed by atoms with van der Waals surface area (Å²) in [6.07, 6.45) is 7.43. The molecule has 4 amide bonds. The third-order valence-corrected chi connectivity index (χ3v) is 7.02. The van der Waals surface area contributed by atoms with Crippen molar-refractivity contribution in [2.75, 3.05) is 26.2 Å². The first kappa shape index (κ1) is 21.8. The largest absolute Gasteiger partial charge is 0.356 e. The number of carbonyl (C=O) groups is 3. The van der Waals surface area contributed by atoms with E-state index in [0.717, 1.165) is 5.56 Å². The number of imide groups is 1. The molecule has 31 heavy (non-hydrogen) atoms. The molecular formula is C24H34N4O3. The number of nitrogens with zero attached hydrogens (tertiary/aromatic N) is 2. The van der Waals surface area contributed by atoms with Crippen LogP contribution >= 0.6 is 0 Å². The van der Waals surface area contributed by atoms with E-state index in [1.54, 1.807) is 0 Å². The number of amides is 4. The summed E-state index contributed by atoms with van der Waals surface area (Å²) < 4.78 is 0. The Morgan fingerprint density at radius 2 is 1.87 bits per heavy atom. The normalized spacial score (nSPS) is 26.5. The fourth-order valence-electron chi connectivity index (χ4n) is 5.29. The maximum Gasteiger partial charge on any atom is 0.324 e. The maximum atomic E-state index is 12.6. The van der Waals surface area contributed by atoms with E-state index >= 15 is 0 Å². The number of benzene rings is 1. The van der Waals surface area contributed by atoms with Gasteiger partial charge in [0, 0.05) is 25.6 Å². The van der Waals surface area contributed by atoms with Crippen molar-refractivity contribution in [3.05, 3.63) is 35.9 Å². The number of fused-ring (bicyclic) bond motifs is 1. The first-order valence-electron chi connectivity index (χ1n) is 11.8. The van der Waals surface area contributed by atoms with E-state index in [1.807, 2.05) is 30.3 Å². The van der Waals surface area contributed by atoms with Gasteiger partial charge in [0.1, 0.15) is 6.04 Å². The number of rotatable bonds is 8. The fraction of sp³-hybridized carbons (Fsp3) is 0.625. The molecule has 0 radical (unpaired) electrons. The van der Waals surface area contributed by atoms with Crippen molar-refractivity contribution in [1.29, 1.82) is 0 Å². The lowest BCUT2D eigenvalue weighted by Crippen LogP contribution is -2.51. The lowest BCUT2D eigenvalue weighted by molar-refractivity contribution is -0.127. The topological polar surface area (TPSA) is 81.8 Å². The molecule has 0 saturated carbocycles. The monoisotopic (exact) mass is 426 g/mol. The molecule has 3 atom stereocenters. The van der Waals surface area contributed by atoms with Crippen molar-refractivity contribution < 1.29 is 14.4 Å². The van der Waals surface area contributed by atoms with Gasteiger partial charge in [0.05, 0.1) is 0 Å². The zero-order valence-corrected chi connectivity index (χ0v) is 18.2. The van der Waals surface area contributed by atoms with Crippen LogP contribution < -0.4 is 10.6 Å². The number of nitrogens with one attached hydrogen (secondary N) is 2. The van der Waals surface area contributed by atoms with E-state index < -0.39 is 6.04 Å². The third kappa shape index (κ3) is 5.45. The second-order valence-electron chi connectivity index (χ2n) is 9.07. The lowest BCUT2D eigenvalue weighted by atomic mass is 9.83. The van der Waals surface area contributed by atoms with Crippen LogP contribution in [0.3, 0.4) is 0 Å². The molecule has 3 fully saturated rings. The molecule has 168 valence electrons. The first-order chi connectivity index (χ1) is 15.1. The molecule has 0 aromatic heterocycles. The zero-order valence-electron chi connectivity index (χ0n) is 18.2. The highest BCUT2D eigenvalue weighted by atomic mass is 16.2. The Bertz CT molecular complexity index is 782. The van der Waals surface area contributed by atoms with Crippen molar-refractivity contribution in [1.82, 2.24) is 20.4 Å². The van der Waals surface area contributed by atoms with Crippen molar-refractivity contribution in [2.45, 2.75) is 63.5 Å². The molecule has 3 aliphatic rings. The number of urea groups is 1. The van der Waals surface area contributed by atoms with Gasteiger partial charge < -0.3 is 15.5 Å². The Balaban J connectivity index is 1.19. The summed E-state index contributed by atoms with van der Waals surface area (Å²) in [6.45, 7) is 3.46. The summed E-state index contributed by atoms with van der Waals surface area (Å²) in [5.74, 6) is 0.274. The van der Waals surface area contributed by atoms with Crippen LogP contribution in [0.2, 0.25) is 0 Å². The summed E-state index contributed by atoms with van der Waals surface area (Å²) in [7, 11) is 0. The van der Waals surface area contributed by atoms with E-state index in [4.69, 9.17) is 0 Å². The second-order valence-corrected chi connectivity index (χ2v) is 9.07. The van der Waals surface area contributed by atoms with E-state index in [9.17, 15) is 14.4 Å². The van der Waals surface area contributed by atoms with Crippen LogP contribution in [-0.4, -0.2) is 65.9 Å². The Hall–Kier alpha value is -2.41. The van der Waals surface area contributed by atoms with Crippen LogP contribution in [0, 0.1) is 5.92 Å². The first-order valence-corrected chi connectivity index (χ1v) is 11.8. The third-order valence-electron chi connectivity index (χ3n) is 7.02. The van der Waals surface area contributed by atoms with Crippen LogP contribution in [0.15, 0.2) is 30.3 Å². The minimum absolute atomic E-state index is 0.0299. The maximum absolute atomic E-state index is 12.6. The molecule has 7 nitrogen and oxygen atoms in total. The highest BCUT2D eigenvalue weighted by Crippen LogP contribution is 2.30. The number of piperidine rings is 2. The molecule has 1 aromatic carbocycles. The molecule has 2 N–H and O–H groups in total. The van der Waals surface area contributed by atoms with Gasteiger partial charge in [-0.1, -0.05) is 36.8 Å². The molecule has 0 aliphatic carbocycles. The van der Waals surface area contributed by atoms with Gasteiger partial charge in [-0.2, -0.15) is 0 Å². The number of hydrogen-bond donors (Lipinski definition) is 2. The Morgan fingerprint density at radius 1 is 1.06 bits per heavy atom. The van der Waals surface area contributed by atoms with E-state index in [2.05, 4.69) is 15.5 Å². The van der Waals surface area contributed by atoms with Crippen LogP contribution in [0.5, 0.6) is 0 Å². The molecule has 7 heteroatoms. The van der Waals surface area contributed by atoms with Crippen molar-refractivity contribution in [2.24, 2.45) is 5.92 Å². The average molecular weight is 427 g/mol. The van der Waals surface area contributed by atoms with Gasteiger partial charge in [0.15, 0.2) is 0 Å². The minimum Gasteiger partial charge on any atom is -0.356 e. The molecule has 0 unspecified atom stereocenters. The van der Waals surface area contributed by atoms with Gasteiger partial charge in [-0.15, -0.1) is 0 Å². The quantitative estimate of drug-likeness (QED) is 0.625. The molecular weight excluding hydrogens is 392 g/mol. The standard InChI is InChI=1S/C24H34N4O3/c29-22(25-17-19-9-6-15-27-14-5-4-10-21(19)27)12-11-20-23(30)28(24(31)26-20)16-13-18-7-2-1-3-8-18/h1-3,7-8,19-21H,4-6,9-17H2,(H,25,29)(H,26,31)/t19-,20-,21-/m0/s1. The molecule has 1 aromatic rings. The average Bonchev–Trinajstić information content (AvgIpc) is 3.07. The number of hydrogen-bond acceptors (Lipinski definition) is 4. The van der Waals surface area contributed by atoms with E-state index in [0.29, 0.717) is 37.9 Å². The zero-order chi connectivity index (χ0) is 21.6. The number of carbonyl (C=O) groups excluding carboxylic acids is 3. The summed E-state index contributed by atoms with van der Waals surface area (Å²) in [4.78, 5) is 41.1. The summed E-state index contributed by atoms with van der Waals surface area (Å²) in [5.41, 5.74) is 1.09. The summed E-state index contributed by atoms with van der Waals surface area (Å²) in [6, 6.07) is 9.46. The van der Waals surface area contributed by atoms with Crippen molar-refractivity contribution in [3.63, 3.8) is 0 Å². The highest BCUT2D eigenvalue weighted by molar-refractivity contribution is 6.04. The predicted molar refractivity (Wildman–Crippen MR) is 118 cm³/mol. The van der Waals surface area contributed by atoms with E-state index in [-0.39, 0.29) is 24.3 Å². The van der Waals surface area contributed by atoms with Gasteiger partial charge in [-0.05, 0) is 63.1 Å². The molecule has 3 heterocycles. The summed E-state index contributed by atoms with van der Waals surface area (Å²) in [5, 5.41) is 5.83. The minimum atomic E-state index is -0.600. The van der Waals surface area contributed by atoms with Gasteiger partial charge >= 0.3 is 6.03 Å². The molecule has 3 aliphatic heterocycles. The van der Waals surface area contributed by atoms with Crippen LogP contribution in [0.1, 0.15) is 50.5 Å². The molecule has 3 saturated heterocycles. The van der Waals surface area contributed by atoms with E-state index in [1.165, 1.54) is 50.1 Å². The Labute approximate surface area is 184 Å². The van der Waals surface area contributed by atoms with Crippen molar-refractivity contribution in [3.8, 4) is 0 Å². The molecule has 4 rings (SSSR count). The highest BCUT2D eigenvalue weighted by Gasteiger charge is 2.37. The van der Waals surface area contributed by atoms with Gasteiger partial charge in [0.2, 0.25) is 5.91 Å². The van der Waals surface area contributed by atoms with Gasteiger partial charge in [-0.3, -0.25) is 14.5 Å². The van der Waals surface area contributed by atoms with Crippen molar-refractivity contribution >= 4 is 17.8 Å². The molecule has 0 bridgehead atoms. The lowest BCUT2D eigenvalue weighted by Gasteiger charge is -2.44. The van der Waals surface area contributed by atoms with Crippen LogP contribution in [-0.2, 0) is 16.0 Å². The Kier molecular flexibility index (Phi) is 7.22. The summed E-state index contributed by atoms with van der Waals surface area (Å²) >= 11 is 0. The van der Waals surface area contributed by atoms with Gasteiger partial charge in [0.25, 0.3) is 5.91 Å². The Morgan fingerprint density at radius 3 is 2.71 bits per heavy atom. The van der Waals surface area contributed by atoms with Crippen LogP contribution in [0.4, 0.5) is 4.79 Å². The fourth-order valence-corrected chi connectivity index (χ4v) is 5.29. The predicted octanol–water partition coefficient (Wildman–Crippen LogP) is 2.31. The smallest absolute Gasteiger partial charge is 0.324 e. The SMILES string of the molecule is O=C(CC[C@@H]1NC(=O)N(CCc2ccccc2)C1=O)NC[C@@H]1CCCN2CCCC[C@@H]12. The second kappa shape index (κ2) is 10.3.